The monoisotopic (exact) mass is 352 g/mol. The normalized spacial score (nSPS) is 14.8. The lowest BCUT2D eigenvalue weighted by molar-refractivity contribution is -0.132. The third kappa shape index (κ3) is 4.39. The molecule has 26 heavy (non-hydrogen) atoms. The molecule has 1 N–H and O–H groups in total. The van der Waals surface area contributed by atoms with Crippen molar-refractivity contribution < 1.29 is 9.59 Å². The van der Waals surface area contributed by atoms with Crippen LogP contribution in [0.1, 0.15) is 24.0 Å². The van der Waals surface area contributed by atoms with E-state index in [2.05, 4.69) is 22.9 Å². The summed E-state index contributed by atoms with van der Waals surface area (Å²) in [6, 6.07) is 8.10. The average molecular weight is 352 g/mol. The van der Waals surface area contributed by atoms with Crippen molar-refractivity contribution in [3.8, 4) is 0 Å². The number of carbonyl (C=O) groups is 2. The van der Waals surface area contributed by atoms with Crippen LogP contribution in [-0.2, 0) is 22.7 Å². The molecule has 3 rings (SSSR count). The van der Waals surface area contributed by atoms with Crippen molar-refractivity contribution >= 4 is 11.8 Å². The zero-order chi connectivity index (χ0) is 18.4. The smallest absolute Gasteiger partial charge is 0.245 e. The Kier molecular flexibility index (Phi) is 5.84. The molecule has 0 radical (unpaired) electrons. The van der Waals surface area contributed by atoms with E-state index in [1.54, 1.807) is 17.4 Å². The molecule has 0 spiro atoms. The van der Waals surface area contributed by atoms with Crippen molar-refractivity contribution in [2.45, 2.75) is 25.9 Å². The number of likely N-dealkylation sites (tertiary alicyclic amines) is 1. The number of imidazole rings is 1. The van der Waals surface area contributed by atoms with E-state index >= 15 is 0 Å². The lowest BCUT2D eigenvalue weighted by Crippen LogP contribution is -2.42. The summed E-state index contributed by atoms with van der Waals surface area (Å²) in [7, 11) is 0. The molecule has 2 amide bonds. The van der Waals surface area contributed by atoms with Gasteiger partial charge in [-0.15, -0.1) is 0 Å². The standard InChI is InChI=1S/C20H24N4O2/c1-2-19(25)24-10-7-16(8-11-24)20(26)22-13-17-5-3-4-6-18(17)14-23-12-9-21-15-23/h2-6,9,12,15-16H,1,7-8,10-11,13-14H2,(H,22,26). The molecule has 1 fully saturated rings. The van der Waals surface area contributed by atoms with Crippen molar-refractivity contribution in [2.75, 3.05) is 13.1 Å². The molecular weight excluding hydrogens is 328 g/mol. The fourth-order valence-corrected chi connectivity index (χ4v) is 3.28. The van der Waals surface area contributed by atoms with Crippen molar-refractivity contribution in [1.82, 2.24) is 19.8 Å². The lowest BCUT2D eigenvalue weighted by atomic mass is 9.95. The summed E-state index contributed by atoms with van der Waals surface area (Å²) in [6.07, 6.45) is 8.19. The topological polar surface area (TPSA) is 67.2 Å². The first kappa shape index (κ1) is 17.9. The SMILES string of the molecule is C=CC(=O)N1CCC(C(=O)NCc2ccccc2Cn2ccnc2)CC1. The van der Waals surface area contributed by atoms with Gasteiger partial charge in [0, 0.05) is 44.5 Å². The molecule has 2 heterocycles. The number of nitrogens with one attached hydrogen (secondary N) is 1. The summed E-state index contributed by atoms with van der Waals surface area (Å²) in [4.78, 5) is 29.9. The van der Waals surface area contributed by atoms with Crippen molar-refractivity contribution in [2.24, 2.45) is 5.92 Å². The van der Waals surface area contributed by atoms with E-state index < -0.39 is 0 Å². The zero-order valence-electron chi connectivity index (χ0n) is 14.8. The van der Waals surface area contributed by atoms with Gasteiger partial charge >= 0.3 is 0 Å². The van der Waals surface area contributed by atoms with Gasteiger partial charge < -0.3 is 14.8 Å². The highest BCUT2D eigenvalue weighted by Crippen LogP contribution is 2.18. The third-order valence-electron chi connectivity index (χ3n) is 4.84. The molecule has 0 saturated carbocycles. The molecule has 6 nitrogen and oxygen atoms in total. The van der Waals surface area contributed by atoms with E-state index in [4.69, 9.17) is 0 Å². The van der Waals surface area contributed by atoms with Gasteiger partial charge in [0.15, 0.2) is 0 Å². The second-order valence-electron chi connectivity index (χ2n) is 6.53. The zero-order valence-corrected chi connectivity index (χ0v) is 14.8. The molecule has 0 unspecified atom stereocenters. The Bertz CT molecular complexity index is 762. The molecule has 1 aromatic carbocycles. The molecule has 136 valence electrons. The van der Waals surface area contributed by atoms with Gasteiger partial charge in [-0.2, -0.15) is 0 Å². The van der Waals surface area contributed by atoms with Crippen LogP contribution >= 0.6 is 0 Å². The quantitative estimate of drug-likeness (QED) is 0.809. The van der Waals surface area contributed by atoms with Gasteiger partial charge in [0.05, 0.1) is 6.33 Å². The van der Waals surface area contributed by atoms with Crippen molar-refractivity contribution in [1.29, 1.82) is 0 Å². The maximum absolute atomic E-state index is 12.5. The van der Waals surface area contributed by atoms with E-state index in [9.17, 15) is 9.59 Å². The highest BCUT2D eigenvalue weighted by molar-refractivity contribution is 5.87. The number of nitrogens with zero attached hydrogens (tertiary/aromatic N) is 3. The highest BCUT2D eigenvalue weighted by Gasteiger charge is 2.26. The molecule has 0 atom stereocenters. The summed E-state index contributed by atoms with van der Waals surface area (Å²) < 4.78 is 2.01. The minimum Gasteiger partial charge on any atom is -0.352 e. The van der Waals surface area contributed by atoms with Crippen LogP contribution in [0.5, 0.6) is 0 Å². The Hall–Kier alpha value is -2.89. The average Bonchev–Trinajstić information content (AvgIpc) is 3.19. The summed E-state index contributed by atoms with van der Waals surface area (Å²) in [6.45, 7) is 5.97. The molecule has 0 aliphatic carbocycles. The first-order valence-corrected chi connectivity index (χ1v) is 8.89. The number of benzene rings is 1. The Morgan fingerprint density at radius 1 is 1.23 bits per heavy atom. The second-order valence-corrected chi connectivity index (χ2v) is 6.53. The Labute approximate surface area is 153 Å². The molecular formula is C20H24N4O2. The third-order valence-corrected chi connectivity index (χ3v) is 4.84. The molecule has 1 aliphatic heterocycles. The maximum atomic E-state index is 12.5. The van der Waals surface area contributed by atoms with Gasteiger partial charge in [-0.25, -0.2) is 4.98 Å². The van der Waals surface area contributed by atoms with E-state index in [0.29, 0.717) is 32.5 Å². The molecule has 6 heteroatoms. The van der Waals surface area contributed by atoms with Crippen LogP contribution < -0.4 is 5.32 Å². The number of amides is 2. The molecule has 1 aliphatic rings. The molecule has 2 aromatic rings. The predicted molar refractivity (Wildman–Crippen MR) is 99.1 cm³/mol. The van der Waals surface area contributed by atoms with Crippen LogP contribution in [0.4, 0.5) is 0 Å². The van der Waals surface area contributed by atoms with Crippen LogP contribution in [0.2, 0.25) is 0 Å². The van der Waals surface area contributed by atoms with E-state index in [1.807, 2.05) is 29.0 Å². The van der Waals surface area contributed by atoms with Gasteiger partial charge in [0.1, 0.15) is 0 Å². The number of rotatable bonds is 6. The number of piperidine rings is 1. The Morgan fingerprint density at radius 2 is 1.96 bits per heavy atom. The fourth-order valence-electron chi connectivity index (χ4n) is 3.28. The van der Waals surface area contributed by atoms with Crippen LogP contribution in [0, 0.1) is 5.92 Å². The van der Waals surface area contributed by atoms with Crippen LogP contribution in [0.3, 0.4) is 0 Å². The molecule has 1 aromatic heterocycles. The van der Waals surface area contributed by atoms with E-state index in [0.717, 1.165) is 17.7 Å². The minimum absolute atomic E-state index is 0.0373. The highest BCUT2D eigenvalue weighted by atomic mass is 16.2. The molecule has 1 saturated heterocycles. The number of aromatic nitrogens is 2. The van der Waals surface area contributed by atoms with Crippen LogP contribution in [0.25, 0.3) is 0 Å². The Balaban J connectivity index is 1.54. The Morgan fingerprint density at radius 3 is 2.62 bits per heavy atom. The summed E-state index contributed by atoms with van der Waals surface area (Å²) >= 11 is 0. The number of hydrogen-bond donors (Lipinski definition) is 1. The van der Waals surface area contributed by atoms with E-state index in [1.165, 1.54) is 6.08 Å². The first-order valence-electron chi connectivity index (χ1n) is 8.89. The maximum Gasteiger partial charge on any atom is 0.245 e. The molecule has 0 bridgehead atoms. The van der Waals surface area contributed by atoms with Gasteiger partial charge in [-0.05, 0) is 30.0 Å². The van der Waals surface area contributed by atoms with Crippen LogP contribution in [0.15, 0.2) is 55.6 Å². The minimum atomic E-state index is -0.0581. The van der Waals surface area contributed by atoms with Crippen molar-refractivity contribution in [3.63, 3.8) is 0 Å². The first-order chi connectivity index (χ1) is 12.7. The lowest BCUT2D eigenvalue weighted by Gasteiger charge is -2.30. The summed E-state index contributed by atoms with van der Waals surface area (Å²) in [5.41, 5.74) is 2.27. The van der Waals surface area contributed by atoms with Gasteiger partial charge in [-0.3, -0.25) is 9.59 Å². The van der Waals surface area contributed by atoms with Crippen LogP contribution in [-0.4, -0.2) is 39.4 Å². The van der Waals surface area contributed by atoms with Crippen molar-refractivity contribution in [3.05, 3.63) is 66.8 Å². The number of hydrogen-bond acceptors (Lipinski definition) is 3. The van der Waals surface area contributed by atoms with E-state index in [-0.39, 0.29) is 17.7 Å². The predicted octanol–water partition coefficient (Wildman–Crippen LogP) is 1.97. The largest absolute Gasteiger partial charge is 0.352 e. The fraction of sp³-hybridized carbons (Fsp3) is 0.350. The number of carbonyl (C=O) groups excluding carboxylic acids is 2. The second kappa shape index (κ2) is 8.47. The van der Waals surface area contributed by atoms with Gasteiger partial charge in [0.2, 0.25) is 11.8 Å². The van der Waals surface area contributed by atoms with Gasteiger partial charge in [-0.1, -0.05) is 30.8 Å². The summed E-state index contributed by atoms with van der Waals surface area (Å²) in [5, 5.41) is 3.06. The van der Waals surface area contributed by atoms with Gasteiger partial charge in [0.25, 0.3) is 0 Å². The summed E-state index contributed by atoms with van der Waals surface area (Å²) in [5.74, 6) is -0.0323.